The molecule has 2 heterocycles. The largest absolute Gasteiger partial charge is 0.378 e. The summed E-state index contributed by atoms with van der Waals surface area (Å²) in [5.74, 6) is 0.689. The van der Waals surface area contributed by atoms with Gasteiger partial charge in [0.15, 0.2) is 0 Å². The molecule has 5 heteroatoms. The summed E-state index contributed by atoms with van der Waals surface area (Å²) in [5.41, 5.74) is 2.60. The van der Waals surface area contributed by atoms with Crippen LogP contribution in [0.3, 0.4) is 0 Å². The molecule has 1 amide bonds. The predicted octanol–water partition coefficient (Wildman–Crippen LogP) is 1.87. The molecule has 5 nitrogen and oxygen atoms in total. The Balaban J connectivity index is 1.49. The van der Waals surface area contributed by atoms with Crippen LogP contribution in [0.15, 0.2) is 24.3 Å². The maximum absolute atomic E-state index is 11.5. The van der Waals surface area contributed by atoms with E-state index in [0.717, 1.165) is 52.4 Å². The van der Waals surface area contributed by atoms with Crippen LogP contribution in [0.1, 0.15) is 25.8 Å². The maximum atomic E-state index is 11.5. The van der Waals surface area contributed by atoms with Gasteiger partial charge in [0.2, 0.25) is 5.91 Å². The molecule has 0 bridgehead atoms. The number of nitrogens with one attached hydrogen (secondary N) is 1. The number of morpholine rings is 1. The van der Waals surface area contributed by atoms with E-state index in [-0.39, 0.29) is 5.91 Å². The van der Waals surface area contributed by atoms with Crippen molar-refractivity contribution < 1.29 is 9.53 Å². The Hall–Kier alpha value is -1.59. The van der Waals surface area contributed by atoms with Gasteiger partial charge in [-0.2, -0.15) is 0 Å². The molecular weight excluding hydrogens is 302 g/mol. The van der Waals surface area contributed by atoms with Crippen molar-refractivity contribution in [2.45, 2.75) is 32.9 Å². The molecule has 1 aromatic rings. The third-order valence-corrected chi connectivity index (χ3v) is 5.23. The molecule has 2 saturated heterocycles. The van der Waals surface area contributed by atoms with Gasteiger partial charge >= 0.3 is 0 Å². The van der Waals surface area contributed by atoms with E-state index < -0.39 is 0 Å². The molecule has 0 unspecified atom stereocenters. The zero-order valence-electron chi connectivity index (χ0n) is 14.8. The average Bonchev–Trinajstić information content (AvgIpc) is 2.62. The predicted molar refractivity (Wildman–Crippen MR) is 96.1 cm³/mol. The molecule has 2 aliphatic heterocycles. The highest BCUT2D eigenvalue weighted by Crippen LogP contribution is 2.19. The van der Waals surface area contributed by atoms with Gasteiger partial charge in [-0.3, -0.25) is 4.79 Å². The molecule has 0 aliphatic carbocycles. The molecule has 2 aliphatic rings. The van der Waals surface area contributed by atoms with E-state index in [2.05, 4.69) is 41.4 Å². The fourth-order valence-electron chi connectivity index (χ4n) is 3.63. The summed E-state index contributed by atoms with van der Waals surface area (Å²) in [6, 6.07) is 9.34. The summed E-state index contributed by atoms with van der Waals surface area (Å²) in [5, 5.41) is 3.67. The minimum absolute atomic E-state index is 0.194. The number of amides is 1. The molecule has 0 saturated carbocycles. The highest BCUT2D eigenvalue weighted by Gasteiger charge is 2.26. The van der Waals surface area contributed by atoms with Crippen LogP contribution in [0.25, 0.3) is 0 Å². The number of anilines is 1. The minimum atomic E-state index is 0.194. The fourth-order valence-corrected chi connectivity index (χ4v) is 3.63. The zero-order chi connectivity index (χ0) is 16.9. The van der Waals surface area contributed by atoms with Crippen LogP contribution in [0.4, 0.5) is 5.69 Å². The van der Waals surface area contributed by atoms with E-state index in [1.807, 2.05) is 4.90 Å². The van der Waals surface area contributed by atoms with Crippen molar-refractivity contribution >= 4 is 11.6 Å². The van der Waals surface area contributed by atoms with E-state index in [1.165, 1.54) is 11.3 Å². The van der Waals surface area contributed by atoms with Gasteiger partial charge in [0.25, 0.3) is 0 Å². The van der Waals surface area contributed by atoms with Gasteiger partial charge in [0.05, 0.1) is 13.2 Å². The quantitative estimate of drug-likeness (QED) is 0.915. The summed E-state index contributed by atoms with van der Waals surface area (Å²) in [6.07, 6.45) is 1.03. The lowest BCUT2D eigenvalue weighted by molar-refractivity contribution is -0.130. The lowest BCUT2D eigenvalue weighted by atomic mass is 9.93. The van der Waals surface area contributed by atoms with Crippen LogP contribution >= 0.6 is 0 Å². The standard InChI is InChI=1S/C19H29N3O2/c1-15-14-22(16(2)23)8-7-19(15)20-13-17-3-5-18(6-4-17)21-9-11-24-12-10-21/h3-6,15,19-20H,7-14H2,1-2H3/t15-,19+/m0/s1. The number of hydrogen-bond donors (Lipinski definition) is 1. The Labute approximate surface area is 145 Å². The molecular formula is C19H29N3O2. The Morgan fingerprint density at radius 3 is 2.54 bits per heavy atom. The molecule has 2 atom stereocenters. The number of carbonyl (C=O) groups excluding carboxylic acids is 1. The van der Waals surface area contributed by atoms with Crippen LogP contribution in [-0.2, 0) is 16.1 Å². The molecule has 1 N–H and O–H groups in total. The number of likely N-dealkylation sites (tertiary alicyclic amines) is 1. The summed E-state index contributed by atoms with van der Waals surface area (Å²) in [6.45, 7) is 10.1. The average molecular weight is 331 g/mol. The Morgan fingerprint density at radius 2 is 1.92 bits per heavy atom. The number of piperidine rings is 1. The molecule has 2 fully saturated rings. The van der Waals surface area contributed by atoms with E-state index in [0.29, 0.717) is 12.0 Å². The fraction of sp³-hybridized carbons (Fsp3) is 0.632. The molecule has 0 radical (unpaired) electrons. The molecule has 0 spiro atoms. The summed E-state index contributed by atoms with van der Waals surface area (Å²) < 4.78 is 5.41. The van der Waals surface area contributed by atoms with Crippen molar-refractivity contribution in [3.63, 3.8) is 0 Å². The highest BCUT2D eigenvalue weighted by atomic mass is 16.5. The highest BCUT2D eigenvalue weighted by molar-refractivity contribution is 5.73. The van der Waals surface area contributed by atoms with Gasteiger partial charge < -0.3 is 19.9 Å². The monoisotopic (exact) mass is 331 g/mol. The number of ether oxygens (including phenoxy) is 1. The van der Waals surface area contributed by atoms with E-state index in [1.54, 1.807) is 6.92 Å². The normalized spacial score (nSPS) is 24.9. The van der Waals surface area contributed by atoms with Gasteiger partial charge in [-0.15, -0.1) is 0 Å². The first-order valence-electron chi connectivity index (χ1n) is 9.04. The smallest absolute Gasteiger partial charge is 0.219 e. The Bertz CT molecular complexity index is 540. The van der Waals surface area contributed by atoms with Crippen molar-refractivity contribution in [1.82, 2.24) is 10.2 Å². The molecule has 132 valence electrons. The van der Waals surface area contributed by atoms with Gasteiger partial charge in [-0.05, 0) is 30.0 Å². The van der Waals surface area contributed by atoms with Crippen LogP contribution in [-0.4, -0.2) is 56.2 Å². The van der Waals surface area contributed by atoms with Crippen molar-refractivity contribution in [3.8, 4) is 0 Å². The van der Waals surface area contributed by atoms with Gasteiger partial charge in [0, 0.05) is 51.4 Å². The summed E-state index contributed by atoms with van der Waals surface area (Å²) in [7, 11) is 0. The van der Waals surface area contributed by atoms with Gasteiger partial charge in [-0.1, -0.05) is 19.1 Å². The molecule has 1 aromatic carbocycles. The third kappa shape index (κ3) is 4.28. The van der Waals surface area contributed by atoms with Crippen LogP contribution in [0.2, 0.25) is 0 Å². The minimum Gasteiger partial charge on any atom is -0.378 e. The zero-order valence-corrected chi connectivity index (χ0v) is 14.8. The summed E-state index contributed by atoms with van der Waals surface area (Å²) in [4.78, 5) is 15.8. The van der Waals surface area contributed by atoms with E-state index >= 15 is 0 Å². The van der Waals surface area contributed by atoms with Crippen molar-refractivity contribution in [1.29, 1.82) is 0 Å². The number of rotatable bonds is 4. The Kier molecular flexibility index (Phi) is 5.74. The first-order valence-corrected chi connectivity index (χ1v) is 9.04. The topological polar surface area (TPSA) is 44.8 Å². The maximum Gasteiger partial charge on any atom is 0.219 e. The van der Waals surface area contributed by atoms with E-state index in [9.17, 15) is 4.79 Å². The number of hydrogen-bond acceptors (Lipinski definition) is 4. The van der Waals surface area contributed by atoms with Crippen LogP contribution < -0.4 is 10.2 Å². The van der Waals surface area contributed by atoms with Gasteiger partial charge in [-0.25, -0.2) is 0 Å². The SMILES string of the molecule is CC(=O)N1CC[C@@H](NCc2ccc(N3CCOCC3)cc2)[C@@H](C)C1. The van der Waals surface area contributed by atoms with Crippen molar-refractivity contribution in [2.75, 3.05) is 44.3 Å². The number of carbonyl (C=O) groups is 1. The van der Waals surface area contributed by atoms with Gasteiger partial charge in [0.1, 0.15) is 0 Å². The second-order valence-electron chi connectivity index (χ2n) is 6.98. The Morgan fingerprint density at radius 1 is 1.21 bits per heavy atom. The molecule has 3 rings (SSSR count). The van der Waals surface area contributed by atoms with Crippen molar-refractivity contribution in [2.24, 2.45) is 5.92 Å². The first kappa shape index (κ1) is 17.2. The second kappa shape index (κ2) is 7.99. The third-order valence-electron chi connectivity index (χ3n) is 5.23. The van der Waals surface area contributed by atoms with E-state index in [4.69, 9.17) is 4.74 Å². The first-order chi connectivity index (χ1) is 11.6. The molecule has 0 aromatic heterocycles. The number of benzene rings is 1. The second-order valence-corrected chi connectivity index (χ2v) is 6.98. The lowest BCUT2D eigenvalue weighted by Gasteiger charge is -2.37. The number of nitrogens with zero attached hydrogens (tertiary/aromatic N) is 2. The lowest BCUT2D eigenvalue weighted by Crippen LogP contribution is -2.49. The summed E-state index contributed by atoms with van der Waals surface area (Å²) >= 11 is 0. The van der Waals surface area contributed by atoms with Crippen LogP contribution in [0.5, 0.6) is 0 Å². The van der Waals surface area contributed by atoms with Crippen LogP contribution in [0, 0.1) is 5.92 Å². The molecule has 24 heavy (non-hydrogen) atoms. The van der Waals surface area contributed by atoms with Crippen molar-refractivity contribution in [3.05, 3.63) is 29.8 Å².